The molecule has 3 nitrogen and oxygen atoms in total. The number of pyridine rings is 1. The Hall–Kier alpha value is -1.94. The molecule has 1 aromatic heterocycles. The van der Waals surface area contributed by atoms with E-state index in [1.807, 2.05) is 32.9 Å². The summed E-state index contributed by atoms with van der Waals surface area (Å²) in [6.45, 7) is 5.87. The monoisotopic (exact) mass is 288 g/mol. The van der Waals surface area contributed by atoms with Crippen LogP contribution in [0.2, 0.25) is 0 Å². The minimum atomic E-state index is -0.271. The van der Waals surface area contributed by atoms with Gasteiger partial charge in [0.1, 0.15) is 17.3 Å². The summed E-state index contributed by atoms with van der Waals surface area (Å²) < 4.78 is 20.0. The summed E-state index contributed by atoms with van der Waals surface area (Å²) in [5, 5.41) is 3.05. The Morgan fingerprint density at radius 1 is 1.24 bits per heavy atom. The van der Waals surface area contributed by atoms with Gasteiger partial charge >= 0.3 is 0 Å². The molecule has 1 unspecified atom stereocenters. The molecule has 0 aliphatic carbocycles. The second-order valence-corrected chi connectivity index (χ2v) is 5.02. The van der Waals surface area contributed by atoms with E-state index in [9.17, 15) is 4.39 Å². The predicted octanol–water partition coefficient (Wildman–Crippen LogP) is 4.16. The van der Waals surface area contributed by atoms with Gasteiger partial charge in [-0.25, -0.2) is 4.39 Å². The van der Waals surface area contributed by atoms with Crippen molar-refractivity contribution >= 4 is 0 Å². The molecule has 2 rings (SSSR count). The van der Waals surface area contributed by atoms with E-state index in [1.165, 1.54) is 6.07 Å². The maximum absolute atomic E-state index is 14.1. The molecule has 0 fully saturated rings. The highest BCUT2D eigenvalue weighted by Gasteiger charge is 2.17. The molecule has 0 spiro atoms. The molecule has 0 aliphatic rings. The summed E-state index contributed by atoms with van der Waals surface area (Å²) in [6.07, 6.45) is 0.767. The first-order chi connectivity index (χ1) is 10.1. The largest absolute Gasteiger partial charge is 0.455 e. The fourth-order valence-corrected chi connectivity index (χ4v) is 2.23. The lowest BCUT2D eigenvalue weighted by atomic mass is 10.1. The highest BCUT2D eigenvalue weighted by molar-refractivity contribution is 5.42. The van der Waals surface area contributed by atoms with Gasteiger partial charge in [-0.15, -0.1) is 0 Å². The minimum absolute atomic E-state index is 0.135. The Morgan fingerprint density at radius 3 is 2.67 bits per heavy atom. The molecule has 1 heterocycles. The molecule has 1 aromatic carbocycles. The third-order valence-corrected chi connectivity index (χ3v) is 3.51. The zero-order chi connectivity index (χ0) is 15.4. The van der Waals surface area contributed by atoms with Gasteiger partial charge in [0.15, 0.2) is 0 Å². The smallest absolute Gasteiger partial charge is 0.148 e. The Morgan fingerprint density at radius 2 is 2.00 bits per heavy atom. The molecule has 1 atom stereocenters. The van der Waals surface area contributed by atoms with Crippen molar-refractivity contribution in [1.82, 2.24) is 10.3 Å². The molecule has 112 valence electrons. The first kappa shape index (κ1) is 15.4. The predicted molar refractivity (Wildman–Crippen MR) is 82.3 cm³/mol. The first-order valence-electron chi connectivity index (χ1n) is 7.16. The Labute approximate surface area is 125 Å². The van der Waals surface area contributed by atoms with E-state index in [-0.39, 0.29) is 11.9 Å². The highest BCUT2D eigenvalue weighted by atomic mass is 19.1. The second kappa shape index (κ2) is 6.68. The van der Waals surface area contributed by atoms with Gasteiger partial charge in [0.05, 0.1) is 5.69 Å². The minimum Gasteiger partial charge on any atom is -0.455 e. The lowest BCUT2D eigenvalue weighted by Gasteiger charge is -2.18. The van der Waals surface area contributed by atoms with E-state index in [2.05, 4.69) is 10.3 Å². The average Bonchev–Trinajstić information content (AvgIpc) is 2.48. The molecular formula is C17H21FN2O. The van der Waals surface area contributed by atoms with Gasteiger partial charge in [-0.3, -0.25) is 4.98 Å². The Bertz CT molecular complexity index is 628. The van der Waals surface area contributed by atoms with Crippen molar-refractivity contribution in [2.45, 2.75) is 33.2 Å². The van der Waals surface area contributed by atoms with Crippen LogP contribution in [-0.2, 0) is 6.42 Å². The van der Waals surface area contributed by atoms with E-state index in [0.29, 0.717) is 17.1 Å². The van der Waals surface area contributed by atoms with Crippen LogP contribution in [0.15, 0.2) is 30.3 Å². The SMILES string of the molecule is CCc1nc(C)ccc1Oc1cccc(F)c1C(C)NC. The third kappa shape index (κ3) is 3.39. The summed E-state index contributed by atoms with van der Waals surface area (Å²) >= 11 is 0. The molecule has 4 heteroatoms. The van der Waals surface area contributed by atoms with E-state index < -0.39 is 0 Å². The highest BCUT2D eigenvalue weighted by Crippen LogP contribution is 2.32. The van der Waals surface area contributed by atoms with E-state index >= 15 is 0 Å². The van der Waals surface area contributed by atoms with Gasteiger partial charge in [0.2, 0.25) is 0 Å². The summed E-state index contributed by atoms with van der Waals surface area (Å²) in [5.74, 6) is 0.933. The van der Waals surface area contributed by atoms with Crippen molar-refractivity contribution in [3.63, 3.8) is 0 Å². The molecule has 21 heavy (non-hydrogen) atoms. The van der Waals surface area contributed by atoms with E-state index in [0.717, 1.165) is 17.8 Å². The fourth-order valence-electron chi connectivity index (χ4n) is 2.23. The number of aromatic nitrogens is 1. The van der Waals surface area contributed by atoms with Gasteiger partial charge < -0.3 is 10.1 Å². The van der Waals surface area contributed by atoms with Gasteiger partial charge in [0.25, 0.3) is 0 Å². The topological polar surface area (TPSA) is 34.1 Å². The van der Waals surface area contributed by atoms with Crippen LogP contribution in [0.5, 0.6) is 11.5 Å². The molecule has 0 aliphatic heterocycles. The average molecular weight is 288 g/mol. The van der Waals surface area contributed by atoms with Crippen molar-refractivity contribution in [3.8, 4) is 11.5 Å². The molecule has 0 saturated carbocycles. The Kier molecular flexibility index (Phi) is 4.91. The van der Waals surface area contributed by atoms with Gasteiger partial charge in [-0.2, -0.15) is 0 Å². The number of hydrogen-bond donors (Lipinski definition) is 1. The lowest BCUT2D eigenvalue weighted by Crippen LogP contribution is -2.15. The van der Waals surface area contributed by atoms with Crippen molar-refractivity contribution in [2.75, 3.05) is 7.05 Å². The van der Waals surface area contributed by atoms with Crippen LogP contribution in [0.1, 0.15) is 36.8 Å². The standard InChI is InChI=1S/C17H21FN2O/c1-5-14-15(10-9-11(2)20-14)21-16-8-6-7-13(18)17(16)12(3)19-4/h6-10,12,19H,5H2,1-4H3. The summed E-state index contributed by atoms with van der Waals surface area (Å²) in [4.78, 5) is 4.47. The van der Waals surface area contributed by atoms with E-state index in [4.69, 9.17) is 4.74 Å². The molecule has 1 N–H and O–H groups in total. The van der Waals surface area contributed by atoms with Crippen molar-refractivity contribution in [1.29, 1.82) is 0 Å². The number of nitrogens with zero attached hydrogens (tertiary/aromatic N) is 1. The summed E-state index contributed by atoms with van der Waals surface area (Å²) in [7, 11) is 1.80. The van der Waals surface area contributed by atoms with Crippen LogP contribution in [0.3, 0.4) is 0 Å². The van der Waals surface area contributed by atoms with Crippen molar-refractivity contribution in [3.05, 3.63) is 53.1 Å². The quantitative estimate of drug-likeness (QED) is 0.897. The molecule has 0 bridgehead atoms. The number of benzene rings is 1. The van der Waals surface area contributed by atoms with Crippen LogP contribution in [0.4, 0.5) is 4.39 Å². The van der Waals surface area contributed by atoms with E-state index in [1.54, 1.807) is 19.2 Å². The van der Waals surface area contributed by atoms with Gasteiger partial charge in [-0.1, -0.05) is 13.0 Å². The second-order valence-electron chi connectivity index (χ2n) is 5.02. The van der Waals surface area contributed by atoms with Crippen molar-refractivity contribution < 1.29 is 9.13 Å². The number of nitrogens with one attached hydrogen (secondary N) is 1. The van der Waals surface area contributed by atoms with Gasteiger partial charge in [0, 0.05) is 17.3 Å². The number of hydrogen-bond acceptors (Lipinski definition) is 3. The maximum atomic E-state index is 14.1. The van der Waals surface area contributed by atoms with Crippen LogP contribution >= 0.6 is 0 Å². The third-order valence-electron chi connectivity index (χ3n) is 3.51. The number of rotatable bonds is 5. The fraction of sp³-hybridized carbons (Fsp3) is 0.353. The number of halogens is 1. The zero-order valence-corrected chi connectivity index (χ0v) is 12.9. The molecular weight excluding hydrogens is 267 g/mol. The van der Waals surface area contributed by atoms with Crippen molar-refractivity contribution in [2.24, 2.45) is 0 Å². The maximum Gasteiger partial charge on any atom is 0.148 e. The lowest BCUT2D eigenvalue weighted by molar-refractivity contribution is 0.445. The molecule has 0 amide bonds. The number of ether oxygens (including phenoxy) is 1. The molecule has 0 saturated heterocycles. The first-order valence-corrected chi connectivity index (χ1v) is 7.16. The normalized spacial score (nSPS) is 12.2. The summed E-state index contributed by atoms with van der Waals surface area (Å²) in [5.41, 5.74) is 2.35. The van der Waals surface area contributed by atoms with Crippen LogP contribution in [-0.4, -0.2) is 12.0 Å². The van der Waals surface area contributed by atoms with Crippen LogP contribution in [0, 0.1) is 12.7 Å². The molecule has 2 aromatic rings. The molecule has 0 radical (unpaired) electrons. The zero-order valence-electron chi connectivity index (χ0n) is 12.9. The summed E-state index contributed by atoms with van der Waals surface area (Å²) in [6, 6.07) is 8.54. The Balaban J connectivity index is 2.42. The van der Waals surface area contributed by atoms with Crippen LogP contribution < -0.4 is 10.1 Å². The number of aryl methyl sites for hydroxylation is 2. The van der Waals surface area contributed by atoms with Gasteiger partial charge in [-0.05, 0) is 51.6 Å². The van der Waals surface area contributed by atoms with Crippen LogP contribution in [0.25, 0.3) is 0 Å².